The minimum absolute atomic E-state index is 0.903. The first kappa shape index (κ1) is 10.5. The lowest BCUT2D eigenvalue weighted by molar-refractivity contribution is 0.116. The zero-order valence-electron chi connectivity index (χ0n) is 9.84. The van der Waals surface area contributed by atoms with Crippen molar-refractivity contribution in [2.75, 3.05) is 13.1 Å². The molecule has 2 fully saturated rings. The number of piperidine rings is 1. The highest BCUT2D eigenvalue weighted by Crippen LogP contribution is 2.30. The van der Waals surface area contributed by atoms with E-state index >= 15 is 0 Å². The van der Waals surface area contributed by atoms with E-state index < -0.39 is 0 Å². The first-order valence-electron chi connectivity index (χ1n) is 6.51. The molecule has 1 saturated carbocycles. The molecule has 2 rings (SSSR count). The van der Waals surface area contributed by atoms with Gasteiger partial charge in [0.2, 0.25) is 0 Å². The van der Waals surface area contributed by atoms with Crippen LogP contribution in [-0.2, 0) is 0 Å². The lowest BCUT2D eigenvalue weighted by Crippen LogP contribution is -2.40. The van der Waals surface area contributed by atoms with Gasteiger partial charge in [0.1, 0.15) is 0 Å². The van der Waals surface area contributed by atoms with Gasteiger partial charge in [-0.2, -0.15) is 0 Å². The van der Waals surface area contributed by atoms with E-state index in [9.17, 15) is 0 Å². The maximum Gasteiger partial charge on any atom is 0.00952 e. The van der Waals surface area contributed by atoms with E-state index in [2.05, 4.69) is 18.7 Å². The minimum Gasteiger partial charge on any atom is -0.300 e. The molecule has 82 valence electrons. The van der Waals surface area contributed by atoms with E-state index in [1.807, 2.05) is 0 Å². The topological polar surface area (TPSA) is 3.24 Å². The molecule has 0 aromatic rings. The van der Waals surface area contributed by atoms with Gasteiger partial charge in [-0.1, -0.05) is 26.7 Å². The largest absolute Gasteiger partial charge is 0.300 e. The van der Waals surface area contributed by atoms with Gasteiger partial charge < -0.3 is 4.90 Å². The van der Waals surface area contributed by atoms with Crippen molar-refractivity contribution in [2.45, 2.75) is 58.4 Å². The van der Waals surface area contributed by atoms with Crippen LogP contribution in [0.4, 0.5) is 0 Å². The third-order valence-electron chi connectivity index (χ3n) is 4.36. The highest BCUT2D eigenvalue weighted by molar-refractivity contribution is 4.82. The molecule has 2 aliphatic rings. The molecule has 1 saturated heterocycles. The molecule has 1 heteroatoms. The monoisotopic (exact) mass is 195 g/mol. The number of hydrogen-bond acceptors (Lipinski definition) is 1. The Labute approximate surface area is 88.9 Å². The van der Waals surface area contributed by atoms with Crippen LogP contribution in [0.3, 0.4) is 0 Å². The molecule has 1 nitrogen and oxygen atoms in total. The number of likely N-dealkylation sites (tertiary alicyclic amines) is 1. The summed E-state index contributed by atoms with van der Waals surface area (Å²) in [6.45, 7) is 7.53. The van der Waals surface area contributed by atoms with Crippen LogP contribution in [0, 0.1) is 11.8 Å². The second kappa shape index (κ2) is 4.65. The highest BCUT2D eigenvalue weighted by Gasteiger charge is 2.27. The summed E-state index contributed by atoms with van der Waals surface area (Å²) >= 11 is 0. The summed E-state index contributed by atoms with van der Waals surface area (Å²) in [6, 6.07) is 0.961. The summed E-state index contributed by atoms with van der Waals surface area (Å²) in [5.41, 5.74) is 0. The maximum atomic E-state index is 2.77. The van der Waals surface area contributed by atoms with Crippen molar-refractivity contribution in [1.29, 1.82) is 0 Å². The number of nitrogens with zero attached hydrogens (tertiary/aromatic N) is 1. The van der Waals surface area contributed by atoms with Crippen molar-refractivity contribution >= 4 is 0 Å². The predicted molar refractivity (Wildman–Crippen MR) is 61.4 cm³/mol. The maximum absolute atomic E-state index is 2.77. The number of rotatable bonds is 2. The second-order valence-corrected chi connectivity index (χ2v) is 5.56. The molecule has 0 N–H and O–H groups in total. The van der Waals surface area contributed by atoms with Crippen LogP contribution >= 0.6 is 0 Å². The van der Waals surface area contributed by atoms with Gasteiger partial charge in [-0.25, -0.2) is 0 Å². The first-order valence-corrected chi connectivity index (χ1v) is 6.51. The molecular formula is C13H25N. The van der Waals surface area contributed by atoms with Gasteiger partial charge in [-0.15, -0.1) is 0 Å². The zero-order valence-corrected chi connectivity index (χ0v) is 9.84. The van der Waals surface area contributed by atoms with E-state index in [1.54, 1.807) is 0 Å². The molecule has 1 aliphatic heterocycles. The molecule has 0 radical (unpaired) electrons. The Morgan fingerprint density at radius 2 is 1.50 bits per heavy atom. The molecule has 0 bridgehead atoms. The molecule has 1 aliphatic carbocycles. The van der Waals surface area contributed by atoms with Crippen LogP contribution in [-0.4, -0.2) is 24.0 Å². The fraction of sp³-hybridized carbons (Fsp3) is 1.00. The smallest absolute Gasteiger partial charge is 0.00952 e. The Balaban J connectivity index is 1.77. The van der Waals surface area contributed by atoms with Crippen molar-refractivity contribution in [1.82, 2.24) is 4.90 Å². The van der Waals surface area contributed by atoms with Gasteiger partial charge in [0.05, 0.1) is 0 Å². The van der Waals surface area contributed by atoms with Gasteiger partial charge in [0, 0.05) is 6.04 Å². The lowest BCUT2D eigenvalue weighted by Gasteiger charge is -2.37. The van der Waals surface area contributed by atoms with Crippen molar-refractivity contribution in [3.63, 3.8) is 0 Å². The van der Waals surface area contributed by atoms with Crippen LogP contribution in [0.25, 0.3) is 0 Å². The van der Waals surface area contributed by atoms with Crippen LogP contribution in [0.15, 0.2) is 0 Å². The van der Waals surface area contributed by atoms with Gasteiger partial charge in [0.15, 0.2) is 0 Å². The fourth-order valence-electron chi connectivity index (χ4n) is 3.22. The Hall–Kier alpha value is -0.0400. The lowest BCUT2D eigenvalue weighted by atomic mass is 9.86. The van der Waals surface area contributed by atoms with Gasteiger partial charge >= 0.3 is 0 Å². The second-order valence-electron chi connectivity index (χ2n) is 5.56. The molecule has 0 amide bonds. The molecule has 0 aromatic carbocycles. The predicted octanol–water partition coefficient (Wildman–Crippen LogP) is 3.30. The van der Waals surface area contributed by atoms with E-state index in [1.165, 1.54) is 51.6 Å². The van der Waals surface area contributed by atoms with E-state index in [0.717, 1.165) is 17.9 Å². The molecule has 0 unspecified atom stereocenters. The molecule has 0 spiro atoms. The van der Waals surface area contributed by atoms with Crippen molar-refractivity contribution in [3.8, 4) is 0 Å². The summed E-state index contributed by atoms with van der Waals surface area (Å²) < 4.78 is 0. The summed E-state index contributed by atoms with van der Waals surface area (Å²) in [4.78, 5) is 2.77. The average Bonchev–Trinajstić information content (AvgIpc) is 2.71. The van der Waals surface area contributed by atoms with Crippen molar-refractivity contribution in [3.05, 3.63) is 0 Å². The minimum atomic E-state index is 0.903. The van der Waals surface area contributed by atoms with Crippen LogP contribution in [0.1, 0.15) is 52.4 Å². The first-order chi connectivity index (χ1) is 6.77. The summed E-state index contributed by atoms with van der Waals surface area (Å²) in [5.74, 6) is 1.91. The molecule has 0 atom stereocenters. The number of hydrogen-bond donors (Lipinski definition) is 0. The van der Waals surface area contributed by atoms with Crippen molar-refractivity contribution in [2.24, 2.45) is 11.8 Å². The Morgan fingerprint density at radius 3 is 2.00 bits per heavy atom. The standard InChI is InChI=1S/C13H25N/c1-11(2)12-7-9-14(10-8-12)13-5-3-4-6-13/h11-13H,3-10H2,1-2H3. The molecule has 14 heavy (non-hydrogen) atoms. The third-order valence-corrected chi connectivity index (χ3v) is 4.36. The van der Waals surface area contributed by atoms with E-state index in [4.69, 9.17) is 0 Å². The third kappa shape index (κ3) is 2.31. The molecule has 0 aromatic heterocycles. The Bertz CT molecular complexity index is 162. The van der Waals surface area contributed by atoms with E-state index in [0.29, 0.717) is 0 Å². The van der Waals surface area contributed by atoms with Crippen LogP contribution < -0.4 is 0 Å². The molecule has 1 heterocycles. The van der Waals surface area contributed by atoms with E-state index in [-0.39, 0.29) is 0 Å². The summed E-state index contributed by atoms with van der Waals surface area (Å²) in [6.07, 6.45) is 8.82. The van der Waals surface area contributed by atoms with Crippen molar-refractivity contribution < 1.29 is 0 Å². The van der Waals surface area contributed by atoms with Gasteiger partial charge in [-0.3, -0.25) is 0 Å². The van der Waals surface area contributed by atoms with Crippen LogP contribution in [0.5, 0.6) is 0 Å². The van der Waals surface area contributed by atoms with Crippen LogP contribution in [0.2, 0.25) is 0 Å². The van der Waals surface area contributed by atoms with Gasteiger partial charge in [-0.05, 0) is 50.6 Å². The summed E-state index contributed by atoms with van der Waals surface area (Å²) in [7, 11) is 0. The Morgan fingerprint density at radius 1 is 0.929 bits per heavy atom. The Kier molecular flexibility index (Phi) is 3.48. The quantitative estimate of drug-likeness (QED) is 0.653. The fourth-order valence-corrected chi connectivity index (χ4v) is 3.22. The SMILES string of the molecule is CC(C)C1CCN(C2CCCC2)CC1. The zero-order chi connectivity index (χ0) is 9.97. The average molecular weight is 195 g/mol. The summed E-state index contributed by atoms with van der Waals surface area (Å²) in [5, 5.41) is 0. The normalized spacial score (nSPS) is 27.6. The molecular weight excluding hydrogens is 170 g/mol. The van der Waals surface area contributed by atoms with Gasteiger partial charge in [0.25, 0.3) is 0 Å². The highest BCUT2D eigenvalue weighted by atomic mass is 15.2.